The first kappa shape index (κ1) is 14.7. The molecule has 0 saturated carbocycles. The van der Waals surface area contributed by atoms with Crippen molar-refractivity contribution in [1.82, 2.24) is 0 Å². The molecule has 0 fully saturated rings. The smallest absolute Gasteiger partial charge is 0.222 e. The van der Waals surface area contributed by atoms with E-state index in [1.54, 1.807) is 0 Å². The summed E-state index contributed by atoms with van der Waals surface area (Å²) in [6, 6.07) is 18.0. The molecule has 0 spiro atoms. The maximum absolute atomic E-state index is 5.83. The van der Waals surface area contributed by atoms with Crippen LogP contribution >= 0.6 is 12.2 Å². The quantitative estimate of drug-likeness (QED) is 0.776. The van der Waals surface area contributed by atoms with Gasteiger partial charge in [0.15, 0.2) is 6.17 Å². The Morgan fingerprint density at radius 1 is 1.09 bits per heavy atom. The molecule has 1 aliphatic heterocycles. The summed E-state index contributed by atoms with van der Waals surface area (Å²) in [5.74, 6) is 0.832. The third kappa shape index (κ3) is 3.14. The summed E-state index contributed by atoms with van der Waals surface area (Å²) in [5.41, 5.74) is 2.27. The van der Waals surface area contributed by atoms with Gasteiger partial charge >= 0.3 is 0 Å². The monoisotopic (exact) mass is 311 g/mol. The number of hydrogen-bond donors (Lipinski definition) is 0. The van der Waals surface area contributed by atoms with E-state index in [9.17, 15) is 0 Å². The number of hydrogen-bond acceptors (Lipinski definition) is 3. The fourth-order valence-electron chi connectivity index (χ4n) is 2.31. The van der Waals surface area contributed by atoms with Crippen molar-refractivity contribution in [3.8, 4) is 5.75 Å². The van der Waals surface area contributed by atoms with E-state index in [4.69, 9.17) is 17.0 Å². The van der Waals surface area contributed by atoms with Crippen LogP contribution in [0.4, 0.5) is 5.69 Å². The summed E-state index contributed by atoms with van der Waals surface area (Å²) in [6.45, 7) is 2.54. The maximum atomic E-state index is 5.83. The highest BCUT2D eigenvalue weighted by molar-refractivity contribution is 7.80. The van der Waals surface area contributed by atoms with Gasteiger partial charge in [-0.05, 0) is 48.5 Å². The molecule has 0 radical (unpaired) electrons. The molecule has 0 saturated heterocycles. The van der Waals surface area contributed by atoms with Crippen molar-refractivity contribution in [2.75, 3.05) is 11.5 Å². The molecule has 0 amide bonds. The number of thiocarbonyl (C=S) groups is 1. The number of aryl methyl sites for hydroxylation is 1. The second-order valence-corrected chi connectivity index (χ2v) is 5.36. The fourth-order valence-corrected chi connectivity index (χ4v) is 2.59. The van der Waals surface area contributed by atoms with E-state index >= 15 is 0 Å². The molecule has 0 N–H and O–H groups in total. The number of para-hydroxylation sites is 1. The molecular weight excluding hydrogens is 294 g/mol. The molecule has 2 aromatic carbocycles. The minimum Gasteiger partial charge on any atom is -0.489 e. The first-order valence-electron chi connectivity index (χ1n) is 7.29. The van der Waals surface area contributed by atoms with Gasteiger partial charge in [0.2, 0.25) is 5.11 Å². The van der Waals surface area contributed by atoms with Crippen LogP contribution in [0.2, 0.25) is 0 Å². The maximum Gasteiger partial charge on any atom is 0.222 e. The number of ether oxygens (including phenoxy) is 1. The van der Waals surface area contributed by atoms with Crippen LogP contribution in [0.15, 0.2) is 64.8 Å². The molecule has 0 aliphatic carbocycles. The van der Waals surface area contributed by atoms with Crippen LogP contribution in [0.25, 0.3) is 0 Å². The second kappa shape index (κ2) is 6.66. The van der Waals surface area contributed by atoms with Crippen molar-refractivity contribution < 1.29 is 4.74 Å². The predicted molar refractivity (Wildman–Crippen MR) is 91.5 cm³/mol. The summed E-state index contributed by atoms with van der Waals surface area (Å²) in [4.78, 5) is 1.91. The topological polar surface area (TPSA) is 37.2 Å². The lowest BCUT2D eigenvalue weighted by Crippen LogP contribution is -2.36. The summed E-state index contributed by atoms with van der Waals surface area (Å²) in [7, 11) is 0. The van der Waals surface area contributed by atoms with E-state index in [2.05, 4.69) is 29.3 Å². The van der Waals surface area contributed by atoms with Gasteiger partial charge < -0.3 is 4.74 Å². The molecule has 112 valence electrons. The lowest BCUT2D eigenvalue weighted by atomic mass is 10.2. The van der Waals surface area contributed by atoms with E-state index in [-0.39, 0.29) is 6.17 Å². The number of benzene rings is 2. The molecule has 1 aliphatic rings. The Morgan fingerprint density at radius 3 is 2.50 bits per heavy atom. The van der Waals surface area contributed by atoms with Crippen molar-refractivity contribution in [3.05, 3.63) is 60.2 Å². The zero-order valence-electron chi connectivity index (χ0n) is 12.3. The molecule has 5 heteroatoms. The second-order valence-electron chi connectivity index (χ2n) is 4.99. The summed E-state index contributed by atoms with van der Waals surface area (Å²) in [5, 5.41) is 8.70. The summed E-state index contributed by atoms with van der Waals surface area (Å²) < 4.78 is 5.83. The third-order valence-corrected chi connectivity index (χ3v) is 3.82. The average molecular weight is 311 g/mol. The van der Waals surface area contributed by atoms with E-state index < -0.39 is 0 Å². The molecule has 3 rings (SSSR count). The van der Waals surface area contributed by atoms with Crippen LogP contribution in [-0.4, -0.2) is 17.9 Å². The first-order chi connectivity index (χ1) is 10.8. The van der Waals surface area contributed by atoms with E-state index in [0.717, 1.165) is 17.9 Å². The minimum atomic E-state index is -0.222. The van der Waals surface area contributed by atoms with Gasteiger partial charge in [0.1, 0.15) is 12.4 Å². The third-order valence-electron chi connectivity index (χ3n) is 3.55. The summed E-state index contributed by atoms with van der Waals surface area (Å²) in [6.07, 6.45) is 0.799. The van der Waals surface area contributed by atoms with Crippen LogP contribution in [0.5, 0.6) is 5.75 Å². The highest BCUT2D eigenvalue weighted by atomic mass is 32.1. The molecular formula is C17H17N3OS. The zero-order chi connectivity index (χ0) is 15.4. The van der Waals surface area contributed by atoms with Crippen LogP contribution in [-0.2, 0) is 6.42 Å². The number of rotatable bonds is 5. The molecule has 1 unspecified atom stereocenters. The lowest BCUT2D eigenvalue weighted by Gasteiger charge is -2.23. The first-order valence-corrected chi connectivity index (χ1v) is 7.69. The molecule has 0 aromatic heterocycles. The van der Waals surface area contributed by atoms with E-state index in [0.29, 0.717) is 11.7 Å². The van der Waals surface area contributed by atoms with Gasteiger partial charge in [-0.3, -0.25) is 4.90 Å². The Kier molecular flexibility index (Phi) is 4.44. The predicted octanol–water partition coefficient (Wildman–Crippen LogP) is 4.21. The van der Waals surface area contributed by atoms with Crippen LogP contribution in [0, 0.1) is 0 Å². The molecule has 0 bridgehead atoms. The fraction of sp³-hybridized carbons (Fsp3) is 0.235. The molecule has 1 atom stereocenters. The largest absolute Gasteiger partial charge is 0.489 e. The summed E-state index contributed by atoms with van der Waals surface area (Å²) >= 11 is 5.27. The number of azo groups is 1. The number of nitrogens with zero attached hydrogens (tertiary/aromatic N) is 3. The molecule has 22 heavy (non-hydrogen) atoms. The zero-order valence-corrected chi connectivity index (χ0v) is 13.2. The van der Waals surface area contributed by atoms with Gasteiger partial charge in [0.05, 0.1) is 0 Å². The van der Waals surface area contributed by atoms with Crippen LogP contribution in [0.3, 0.4) is 0 Å². The normalized spacial score (nSPS) is 17.0. The SMILES string of the molecule is CCc1ccc(OCC2N=NC(=S)N2c2ccccc2)cc1. The minimum absolute atomic E-state index is 0.222. The van der Waals surface area contributed by atoms with Gasteiger partial charge in [-0.25, -0.2) is 0 Å². The lowest BCUT2D eigenvalue weighted by molar-refractivity contribution is 0.293. The Morgan fingerprint density at radius 2 is 1.82 bits per heavy atom. The molecule has 2 aromatic rings. The highest BCUT2D eigenvalue weighted by Crippen LogP contribution is 2.24. The van der Waals surface area contributed by atoms with Crippen LogP contribution in [0.1, 0.15) is 12.5 Å². The van der Waals surface area contributed by atoms with Gasteiger partial charge in [-0.15, -0.1) is 5.11 Å². The van der Waals surface area contributed by atoms with Gasteiger partial charge in [0, 0.05) is 5.69 Å². The van der Waals surface area contributed by atoms with E-state index in [1.807, 2.05) is 47.4 Å². The standard InChI is InChI=1S/C17H17N3OS/c1-2-13-8-10-15(11-9-13)21-12-16-18-19-17(22)20(16)14-6-4-3-5-7-14/h3-11,16H,2,12H2,1H3. The molecule has 4 nitrogen and oxygen atoms in total. The average Bonchev–Trinajstić information content (AvgIpc) is 2.95. The van der Waals surface area contributed by atoms with Crippen molar-refractivity contribution >= 4 is 23.0 Å². The Bertz CT molecular complexity index is 670. The molecule has 1 heterocycles. The Balaban J connectivity index is 1.68. The van der Waals surface area contributed by atoms with Crippen molar-refractivity contribution in [2.45, 2.75) is 19.5 Å². The van der Waals surface area contributed by atoms with Crippen molar-refractivity contribution in [1.29, 1.82) is 0 Å². The van der Waals surface area contributed by atoms with Crippen LogP contribution < -0.4 is 9.64 Å². The Hall–Kier alpha value is -2.27. The van der Waals surface area contributed by atoms with E-state index in [1.165, 1.54) is 5.56 Å². The Labute approximate surface area is 135 Å². The van der Waals surface area contributed by atoms with Gasteiger partial charge in [-0.2, -0.15) is 5.11 Å². The van der Waals surface area contributed by atoms with Crippen molar-refractivity contribution in [3.63, 3.8) is 0 Å². The highest BCUT2D eigenvalue weighted by Gasteiger charge is 2.28. The van der Waals surface area contributed by atoms with Gasteiger partial charge in [-0.1, -0.05) is 37.3 Å². The van der Waals surface area contributed by atoms with Gasteiger partial charge in [0.25, 0.3) is 0 Å². The number of anilines is 1. The van der Waals surface area contributed by atoms with Crippen molar-refractivity contribution in [2.24, 2.45) is 10.2 Å².